The first-order chi connectivity index (χ1) is 12.8. The Labute approximate surface area is 159 Å². The summed E-state index contributed by atoms with van der Waals surface area (Å²) in [6.45, 7) is 9.45. The number of hydrogen-bond donors (Lipinski definition) is 1. The van der Waals surface area contributed by atoms with Crippen LogP contribution in [0, 0.1) is 6.92 Å². The van der Waals surface area contributed by atoms with Gasteiger partial charge in [-0.2, -0.15) is 5.10 Å². The van der Waals surface area contributed by atoms with E-state index >= 15 is 0 Å². The van der Waals surface area contributed by atoms with Crippen LogP contribution in [0.1, 0.15) is 49.7 Å². The predicted molar refractivity (Wildman–Crippen MR) is 106 cm³/mol. The maximum absolute atomic E-state index is 12.2. The van der Waals surface area contributed by atoms with Gasteiger partial charge in [-0.1, -0.05) is 25.5 Å². The second kappa shape index (κ2) is 7.39. The molecule has 0 aliphatic heterocycles. The van der Waals surface area contributed by atoms with Gasteiger partial charge in [-0.15, -0.1) is 0 Å². The number of unbranched alkanes of at least 4 members (excludes halogenated alkanes) is 1. The number of nitrogens with zero attached hydrogens (tertiary/aromatic N) is 3. The summed E-state index contributed by atoms with van der Waals surface area (Å²) in [4.78, 5) is 16.4. The van der Waals surface area contributed by atoms with Crippen molar-refractivity contribution in [3.8, 4) is 11.1 Å². The highest BCUT2D eigenvalue weighted by atomic mass is 16.6. The number of hydrogen-bond acceptors (Lipinski definition) is 5. The average molecular weight is 365 g/mol. The highest BCUT2D eigenvalue weighted by Crippen LogP contribution is 2.31. The lowest BCUT2D eigenvalue weighted by Crippen LogP contribution is -2.23. The number of rotatable bonds is 5. The van der Waals surface area contributed by atoms with Crippen molar-refractivity contribution in [2.24, 2.45) is 0 Å². The summed E-state index contributed by atoms with van der Waals surface area (Å²) in [5.41, 5.74) is 9.85. The molecule has 3 aromatic rings. The van der Waals surface area contributed by atoms with Crippen LogP contribution in [0.2, 0.25) is 0 Å². The van der Waals surface area contributed by atoms with Gasteiger partial charge in [0.2, 0.25) is 0 Å². The van der Waals surface area contributed by atoms with Crippen molar-refractivity contribution in [2.75, 3.05) is 5.73 Å². The van der Waals surface area contributed by atoms with Gasteiger partial charge in [0, 0.05) is 11.3 Å². The van der Waals surface area contributed by atoms with E-state index < -0.39 is 5.60 Å². The van der Waals surface area contributed by atoms with Crippen molar-refractivity contribution >= 4 is 17.3 Å². The number of nitrogen functional groups attached to an aromatic ring is 1. The molecule has 6 heteroatoms. The molecule has 0 atom stereocenters. The van der Waals surface area contributed by atoms with Gasteiger partial charge in [-0.3, -0.25) is 0 Å². The normalized spacial score (nSPS) is 11.7. The third-order valence-corrected chi connectivity index (χ3v) is 4.17. The van der Waals surface area contributed by atoms with Crippen LogP contribution in [0.4, 0.5) is 5.82 Å². The zero-order valence-electron chi connectivity index (χ0n) is 16.0. The van der Waals surface area contributed by atoms with E-state index in [1.165, 1.54) is 6.33 Å². The van der Waals surface area contributed by atoms with Gasteiger partial charge in [-0.25, -0.2) is 14.3 Å². The van der Waals surface area contributed by atoms with Gasteiger partial charge in [0.25, 0.3) is 0 Å². The standard InChI is InChI=1S/C21H25N4O2/c1-5-6-7-16-12-17(18-19(22)23-13-24-25(16)18)14-8-10-15(11-9-14)20(26)27-21(2,3)4/h8-13H,1,5-7H2,2-4H3,(H2,22,23,24). The maximum Gasteiger partial charge on any atom is 0.338 e. The number of nitrogens with two attached hydrogens (primary N) is 1. The first kappa shape index (κ1) is 18.9. The Balaban J connectivity index is 1.99. The van der Waals surface area contributed by atoms with E-state index in [4.69, 9.17) is 10.5 Å². The van der Waals surface area contributed by atoms with Crippen LogP contribution in [0.3, 0.4) is 0 Å². The molecule has 2 aromatic heterocycles. The van der Waals surface area contributed by atoms with Gasteiger partial charge in [0.15, 0.2) is 5.82 Å². The lowest BCUT2D eigenvalue weighted by molar-refractivity contribution is 0.00695. The zero-order valence-corrected chi connectivity index (χ0v) is 16.0. The van der Waals surface area contributed by atoms with E-state index in [1.807, 2.05) is 37.4 Å². The molecule has 0 bridgehead atoms. The molecule has 1 radical (unpaired) electrons. The summed E-state index contributed by atoms with van der Waals surface area (Å²) < 4.78 is 7.26. The van der Waals surface area contributed by atoms with E-state index in [9.17, 15) is 4.79 Å². The van der Waals surface area contributed by atoms with Crippen LogP contribution in [0.25, 0.3) is 16.6 Å². The summed E-state index contributed by atoms with van der Waals surface area (Å²) in [5.74, 6) is 0.0897. The Morgan fingerprint density at radius 1 is 1.26 bits per heavy atom. The lowest BCUT2D eigenvalue weighted by Gasteiger charge is -2.19. The number of anilines is 1. The molecule has 0 fully saturated rings. The van der Waals surface area contributed by atoms with Crippen LogP contribution in [0.5, 0.6) is 0 Å². The number of carbonyl (C=O) groups excluding carboxylic acids is 1. The van der Waals surface area contributed by atoms with E-state index in [1.54, 1.807) is 12.1 Å². The molecular formula is C21H25N4O2. The van der Waals surface area contributed by atoms with Crippen molar-refractivity contribution in [3.05, 3.63) is 54.8 Å². The minimum atomic E-state index is -0.525. The molecule has 0 saturated heterocycles. The molecule has 0 aliphatic rings. The number of carbonyl (C=O) groups is 1. The summed E-state index contributed by atoms with van der Waals surface area (Å²) in [6, 6.07) is 9.40. The summed E-state index contributed by atoms with van der Waals surface area (Å²) in [6.07, 6.45) is 4.14. The molecule has 2 heterocycles. The predicted octanol–water partition coefficient (Wildman–Crippen LogP) is 4.09. The Morgan fingerprint density at radius 3 is 2.59 bits per heavy atom. The van der Waals surface area contributed by atoms with E-state index in [2.05, 4.69) is 23.1 Å². The van der Waals surface area contributed by atoms with Crippen LogP contribution >= 0.6 is 0 Å². The third-order valence-electron chi connectivity index (χ3n) is 4.17. The fourth-order valence-electron chi connectivity index (χ4n) is 2.96. The molecule has 0 amide bonds. The Morgan fingerprint density at radius 2 is 1.96 bits per heavy atom. The fourth-order valence-corrected chi connectivity index (χ4v) is 2.96. The molecule has 141 valence electrons. The molecule has 27 heavy (non-hydrogen) atoms. The Bertz CT molecular complexity index is 953. The van der Waals surface area contributed by atoms with Crippen molar-refractivity contribution in [1.29, 1.82) is 0 Å². The van der Waals surface area contributed by atoms with Crippen molar-refractivity contribution < 1.29 is 9.53 Å². The minimum Gasteiger partial charge on any atom is -0.456 e. The highest BCUT2D eigenvalue weighted by Gasteiger charge is 2.19. The van der Waals surface area contributed by atoms with E-state index in [0.717, 1.165) is 41.6 Å². The van der Waals surface area contributed by atoms with Crippen LogP contribution in [-0.2, 0) is 11.2 Å². The fraction of sp³-hybridized carbons (Fsp3) is 0.333. The zero-order chi connectivity index (χ0) is 19.6. The molecular weight excluding hydrogens is 340 g/mol. The monoisotopic (exact) mass is 365 g/mol. The second-order valence-electron chi connectivity index (χ2n) is 7.49. The van der Waals surface area contributed by atoms with Crippen LogP contribution in [0.15, 0.2) is 36.7 Å². The minimum absolute atomic E-state index is 0.338. The number of aryl methyl sites for hydroxylation is 1. The number of esters is 1. The molecule has 0 spiro atoms. The van der Waals surface area contributed by atoms with Gasteiger partial charge in [0.1, 0.15) is 17.4 Å². The largest absolute Gasteiger partial charge is 0.456 e. The summed E-state index contributed by atoms with van der Waals surface area (Å²) >= 11 is 0. The van der Waals surface area contributed by atoms with Gasteiger partial charge >= 0.3 is 5.97 Å². The quantitative estimate of drug-likeness (QED) is 0.689. The number of ether oxygens (including phenoxy) is 1. The maximum atomic E-state index is 12.2. The molecule has 0 saturated carbocycles. The van der Waals surface area contributed by atoms with Gasteiger partial charge in [0.05, 0.1) is 5.56 Å². The molecule has 0 unspecified atom stereocenters. The van der Waals surface area contributed by atoms with Gasteiger partial charge in [-0.05, 0) is 57.4 Å². The van der Waals surface area contributed by atoms with Gasteiger partial charge < -0.3 is 10.5 Å². The van der Waals surface area contributed by atoms with E-state index in [0.29, 0.717) is 11.4 Å². The molecule has 1 aromatic carbocycles. The van der Waals surface area contributed by atoms with E-state index in [-0.39, 0.29) is 5.97 Å². The first-order valence-corrected chi connectivity index (χ1v) is 9.04. The topological polar surface area (TPSA) is 82.5 Å². The smallest absolute Gasteiger partial charge is 0.338 e. The SMILES string of the molecule is [CH2]CCCc1cc(-c2ccc(C(=O)OC(C)(C)C)cc2)c2c(N)ncnn12. The third kappa shape index (κ3) is 4.10. The first-order valence-electron chi connectivity index (χ1n) is 9.04. The van der Waals surface area contributed by atoms with Crippen molar-refractivity contribution in [2.45, 2.75) is 45.6 Å². The lowest BCUT2D eigenvalue weighted by atomic mass is 10.0. The molecule has 3 rings (SSSR count). The number of aromatic nitrogens is 3. The summed E-state index contributed by atoms with van der Waals surface area (Å²) in [7, 11) is 0. The van der Waals surface area contributed by atoms with Crippen molar-refractivity contribution in [1.82, 2.24) is 14.6 Å². The molecule has 2 N–H and O–H groups in total. The Kier molecular flexibility index (Phi) is 5.17. The van der Waals surface area contributed by atoms with Crippen molar-refractivity contribution in [3.63, 3.8) is 0 Å². The molecule has 6 nitrogen and oxygen atoms in total. The number of benzene rings is 1. The molecule has 0 aliphatic carbocycles. The Hall–Kier alpha value is -2.89. The summed E-state index contributed by atoms with van der Waals surface area (Å²) in [5, 5.41) is 4.36. The second-order valence-corrected chi connectivity index (χ2v) is 7.49. The number of fused-ring (bicyclic) bond motifs is 1. The highest BCUT2D eigenvalue weighted by molar-refractivity contribution is 5.92. The average Bonchev–Trinajstić information content (AvgIpc) is 2.99. The van der Waals surface area contributed by atoms with Crippen LogP contribution in [-0.4, -0.2) is 26.2 Å². The van der Waals surface area contributed by atoms with Crippen LogP contribution < -0.4 is 5.73 Å².